The van der Waals surface area contributed by atoms with Gasteiger partial charge < -0.3 is 14.5 Å². The molecule has 1 unspecified atom stereocenters. The van der Waals surface area contributed by atoms with Crippen molar-refractivity contribution >= 4 is 11.8 Å². The highest BCUT2D eigenvalue weighted by Gasteiger charge is 2.37. The quantitative estimate of drug-likeness (QED) is 0.887. The Bertz CT molecular complexity index is 428. The van der Waals surface area contributed by atoms with Gasteiger partial charge in [0.2, 0.25) is 0 Å². The van der Waals surface area contributed by atoms with Crippen LogP contribution in [0.5, 0.6) is 0 Å². The first-order valence-electron chi connectivity index (χ1n) is 6.27. The number of aliphatic hydroxyl groups excluding tert-OH is 1. The summed E-state index contributed by atoms with van der Waals surface area (Å²) in [5.41, 5.74) is 0. The maximum Gasteiger partial charge on any atom is 0.327 e. The van der Waals surface area contributed by atoms with Crippen LogP contribution < -0.4 is 4.90 Å². The molecule has 1 fully saturated rings. The Morgan fingerprint density at radius 2 is 2.22 bits per heavy atom. The van der Waals surface area contributed by atoms with Crippen molar-refractivity contribution in [3.05, 3.63) is 11.8 Å². The van der Waals surface area contributed by atoms with Gasteiger partial charge in [-0.2, -0.15) is 0 Å². The summed E-state index contributed by atoms with van der Waals surface area (Å²) in [4.78, 5) is 14.6. The number of hydrogen-bond acceptors (Lipinski definition) is 4. The van der Waals surface area contributed by atoms with E-state index in [4.69, 9.17) is 4.52 Å². The zero-order valence-corrected chi connectivity index (χ0v) is 11.0. The van der Waals surface area contributed by atoms with Crippen molar-refractivity contribution in [2.24, 2.45) is 0 Å². The van der Waals surface area contributed by atoms with Crippen LogP contribution in [0, 0.1) is 0 Å². The highest BCUT2D eigenvalue weighted by atomic mass is 16.5. The summed E-state index contributed by atoms with van der Waals surface area (Å²) in [5, 5.41) is 13.7. The summed E-state index contributed by atoms with van der Waals surface area (Å²) in [6, 6.07) is 1.49. The molecule has 1 saturated heterocycles. The highest BCUT2D eigenvalue weighted by molar-refractivity contribution is 5.93. The molecule has 0 aromatic carbocycles. The monoisotopic (exact) mass is 253 g/mol. The third-order valence-electron chi connectivity index (χ3n) is 3.42. The summed E-state index contributed by atoms with van der Waals surface area (Å²) in [6.07, 6.45) is 1.06. The lowest BCUT2D eigenvalue weighted by molar-refractivity contribution is 0.182. The van der Waals surface area contributed by atoms with Gasteiger partial charge in [0.25, 0.3) is 0 Å². The van der Waals surface area contributed by atoms with Crippen LogP contribution in [0.15, 0.2) is 10.6 Å². The SMILES string of the molecule is CCC(CC)c1cc(N2C(=O)N(C)CC2O)no1. The van der Waals surface area contributed by atoms with Gasteiger partial charge in [0.05, 0.1) is 6.54 Å². The molecule has 1 aliphatic heterocycles. The molecule has 6 nitrogen and oxygen atoms in total. The molecule has 0 bridgehead atoms. The van der Waals surface area contributed by atoms with E-state index in [9.17, 15) is 9.90 Å². The fourth-order valence-corrected chi connectivity index (χ4v) is 2.24. The molecular weight excluding hydrogens is 234 g/mol. The molecule has 0 radical (unpaired) electrons. The number of carbonyl (C=O) groups excluding carboxylic acids is 1. The standard InChI is InChI=1S/C12H19N3O3/c1-4-8(5-2)9-6-10(13-18-9)15-11(16)7-14(3)12(15)17/h6,8,11,16H,4-5,7H2,1-3H3. The first-order chi connectivity index (χ1) is 8.58. The summed E-state index contributed by atoms with van der Waals surface area (Å²) in [5.74, 6) is 1.46. The molecule has 0 saturated carbocycles. The second-order valence-electron chi connectivity index (χ2n) is 4.61. The van der Waals surface area contributed by atoms with Crippen LogP contribution in [-0.4, -0.2) is 41.0 Å². The molecule has 2 heterocycles. The summed E-state index contributed by atoms with van der Waals surface area (Å²) < 4.78 is 5.28. The van der Waals surface area contributed by atoms with Gasteiger partial charge in [0.1, 0.15) is 5.76 Å². The van der Waals surface area contributed by atoms with Crippen LogP contribution in [0.2, 0.25) is 0 Å². The molecule has 1 aromatic heterocycles. The minimum Gasteiger partial charge on any atom is -0.371 e. The van der Waals surface area contributed by atoms with Crippen molar-refractivity contribution < 1.29 is 14.4 Å². The number of β-amino-alcohol motifs (C(OH)–C–C–N with tert-alkyl or cyclic N) is 1. The predicted molar refractivity (Wildman–Crippen MR) is 66.3 cm³/mol. The Balaban J connectivity index is 2.22. The van der Waals surface area contributed by atoms with E-state index in [-0.39, 0.29) is 12.6 Å². The van der Waals surface area contributed by atoms with E-state index in [0.717, 1.165) is 18.6 Å². The number of nitrogens with zero attached hydrogens (tertiary/aromatic N) is 3. The summed E-state index contributed by atoms with van der Waals surface area (Å²) in [7, 11) is 1.65. The third-order valence-corrected chi connectivity index (χ3v) is 3.42. The van der Waals surface area contributed by atoms with Crippen LogP contribution in [0.3, 0.4) is 0 Å². The lowest BCUT2D eigenvalue weighted by Crippen LogP contribution is -2.34. The third kappa shape index (κ3) is 2.08. The van der Waals surface area contributed by atoms with Gasteiger partial charge in [-0.05, 0) is 12.8 Å². The first kappa shape index (κ1) is 12.9. The van der Waals surface area contributed by atoms with Crippen molar-refractivity contribution in [2.45, 2.75) is 38.8 Å². The minimum atomic E-state index is -0.859. The van der Waals surface area contributed by atoms with Gasteiger partial charge in [-0.15, -0.1) is 0 Å². The number of rotatable bonds is 4. The van der Waals surface area contributed by atoms with Gasteiger partial charge >= 0.3 is 6.03 Å². The van der Waals surface area contributed by atoms with E-state index in [0.29, 0.717) is 11.7 Å². The van der Waals surface area contributed by atoms with Crippen molar-refractivity contribution in [2.75, 3.05) is 18.5 Å². The lowest BCUT2D eigenvalue weighted by Gasteiger charge is -2.14. The second kappa shape index (κ2) is 4.97. The zero-order chi connectivity index (χ0) is 13.3. The summed E-state index contributed by atoms with van der Waals surface area (Å²) in [6.45, 7) is 4.45. The van der Waals surface area contributed by atoms with Crippen molar-refractivity contribution in [1.82, 2.24) is 10.1 Å². The smallest absolute Gasteiger partial charge is 0.327 e. The molecule has 100 valence electrons. The molecule has 2 rings (SSSR count). The van der Waals surface area contributed by atoms with Gasteiger partial charge in [-0.1, -0.05) is 19.0 Å². The lowest BCUT2D eigenvalue weighted by atomic mass is 10.0. The second-order valence-corrected chi connectivity index (χ2v) is 4.61. The van der Waals surface area contributed by atoms with E-state index in [1.807, 2.05) is 0 Å². The number of anilines is 1. The fourth-order valence-electron chi connectivity index (χ4n) is 2.24. The van der Waals surface area contributed by atoms with Crippen LogP contribution in [0.25, 0.3) is 0 Å². The number of urea groups is 1. The fraction of sp³-hybridized carbons (Fsp3) is 0.667. The number of aliphatic hydroxyl groups is 1. The van der Waals surface area contributed by atoms with E-state index in [2.05, 4.69) is 19.0 Å². The van der Waals surface area contributed by atoms with Gasteiger partial charge in [-0.3, -0.25) is 0 Å². The molecular formula is C12H19N3O3. The maximum absolute atomic E-state index is 11.8. The molecule has 6 heteroatoms. The van der Waals surface area contributed by atoms with E-state index < -0.39 is 6.23 Å². The van der Waals surface area contributed by atoms with Crippen molar-refractivity contribution in [1.29, 1.82) is 0 Å². The van der Waals surface area contributed by atoms with Crippen molar-refractivity contribution in [3.8, 4) is 0 Å². The predicted octanol–water partition coefficient (Wildman–Crippen LogP) is 1.77. The Hall–Kier alpha value is -1.56. The molecule has 18 heavy (non-hydrogen) atoms. The molecule has 2 amide bonds. The van der Waals surface area contributed by atoms with E-state index in [1.54, 1.807) is 13.1 Å². The Morgan fingerprint density at radius 1 is 1.56 bits per heavy atom. The zero-order valence-electron chi connectivity index (χ0n) is 11.0. The number of aromatic nitrogens is 1. The van der Waals surface area contributed by atoms with Crippen LogP contribution in [0.1, 0.15) is 38.4 Å². The molecule has 1 N–H and O–H groups in total. The largest absolute Gasteiger partial charge is 0.371 e. The molecule has 0 aliphatic carbocycles. The van der Waals surface area contributed by atoms with Crippen LogP contribution >= 0.6 is 0 Å². The Morgan fingerprint density at radius 3 is 2.72 bits per heavy atom. The summed E-state index contributed by atoms with van der Waals surface area (Å²) >= 11 is 0. The Kier molecular flexibility index (Phi) is 3.56. The highest BCUT2D eigenvalue weighted by Crippen LogP contribution is 2.28. The maximum atomic E-state index is 11.8. The number of likely N-dealkylation sites (N-methyl/N-ethyl adjacent to an activating group) is 1. The number of amides is 2. The molecule has 1 aromatic rings. The van der Waals surface area contributed by atoms with Crippen molar-refractivity contribution in [3.63, 3.8) is 0 Å². The Labute approximate surface area is 106 Å². The number of hydrogen-bond donors (Lipinski definition) is 1. The van der Waals surface area contributed by atoms with Crippen LogP contribution in [-0.2, 0) is 0 Å². The normalized spacial score (nSPS) is 20.3. The average molecular weight is 253 g/mol. The van der Waals surface area contributed by atoms with Crippen LogP contribution in [0.4, 0.5) is 10.6 Å². The minimum absolute atomic E-state index is 0.258. The van der Waals surface area contributed by atoms with E-state index >= 15 is 0 Å². The first-order valence-corrected chi connectivity index (χ1v) is 6.27. The number of carbonyl (C=O) groups is 1. The molecule has 1 atom stereocenters. The molecule has 0 spiro atoms. The molecule has 1 aliphatic rings. The van der Waals surface area contributed by atoms with Gasteiger partial charge in [-0.25, -0.2) is 9.69 Å². The van der Waals surface area contributed by atoms with Gasteiger partial charge in [0.15, 0.2) is 12.0 Å². The van der Waals surface area contributed by atoms with E-state index in [1.165, 1.54) is 9.80 Å². The van der Waals surface area contributed by atoms with Gasteiger partial charge in [0, 0.05) is 19.0 Å². The topological polar surface area (TPSA) is 69.8 Å². The average Bonchev–Trinajstić information content (AvgIpc) is 2.88.